The van der Waals surface area contributed by atoms with Crippen molar-refractivity contribution >= 4 is 22.0 Å². The summed E-state index contributed by atoms with van der Waals surface area (Å²) in [5, 5.41) is 11.2. The summed E-state index contributed by atoms with van der Waals surface area (Å²) in [6.45, 7) is 6.13. The van der Waals surface area contributed by atoms with Crippen LogP contribution < -0.4 is 0 Å². The van der Waals surface area contributed by atoms with Crippen LogP contribution in [-0.2, 0) is 10.3 Å². The Labute approximate surface area is 145 Å². The number of fused-ring (bicyclic) bond motifs is 2. The normalized spacial score (nSPS) is 30.4. The van der Waals surface area contributed by atoms with Crippen molar-refractivity contribution in [1.29, 1.82) is 0 Å². The number of hydrogen-bond donors (Lipinski definition) is 1. The zero-order valence-electron chi connectivity index (χ0n) is 13.8. The highest BCUT2D eigenvalue weighted by molar-refractivity contribution is 9.10. The third-order valence-electron chi connectivity index (χ3n) is 4.75. The highest BCUT2D eigenvalue weighted by Crippen LogP contribution is 2.47. The molecule has 0 radical (unpaired) electrons. The Balaban J connectivity index is 1.78. The number of carbonyl (C=O) groups excluding carboxylic acids is 1. The van der Waals surface area contributed by atoms with Gasteiger partial charge in [0.05, 0.1) is 5.69 Å². The van der Waals surface area contributed by atoms with Gasteiger partial charge in [0, 0.05) is 29.2 Å². The summed E-state index contributed by atoms with van der Waals surface area (Å²) in [7, 11) is 0. The fraction of sp³-hybridized carbons (Fsp3) is 0.647. The van der Waals surface area contributed by atoms with Gasteiger partial charge >= 0.3 is 6.09 Å². The first-order valence-corrected chi connectivity index (χ1v) is 8.82. The predicted molar refractivity (Wildman–Crippen MR) is 89.9 cm³/mol. The maximum Gasteiger partial charge on any atom is 0.410 e. The first kappa shape index (κ1) is 16.7. The molecule has 23 heavy (non-hydrogen) atoms. The van der Waals surface area contributed by atoms with E-state index in [4.69, 9.17) is 4.74 Å². The van der Waals surface area contributed by atoms with Gasteiger partial charge in [-0.25, -0.2) is 4.79 Å². The van der Waals surface area contributed by atoms with Crippen LogP contribution in [0.15, 0.2) is 22.8 Å². The molecule has 1 amide bonds. The second-order valence-electron chi connectivity index (χ2n) is 7.54. The Bertz CT molecular complexity index is 599. The first-order valence-electron chi connectivity index (χ1n) is 8.03. The van der Waals surface area contributed by atoms with E-state index in [1.165, 1.54) is 0 Å². The lowest BCUT2D eigenvalue weighted by atomic mass is 9.74. The lowest BCUT2D eigenvalue weighted by Gasteiger charge is -2.36. The van der Waals surface area contributed by atoms with Crippen molar-refractivity contribution in [3.63, 3.8) is 0 Å². The van der Waals surface area contributed by atoms with Crippen LogP contribution in [0.2, 0.25) is 0 Å². The number of halogens is 1. The average Bonchev–Trinajstić information content (AvgIpc) is 2.83. The molecule has 3 rings (SSSR count). The molecule has 3 unspecified atom stereocenters. The Morgan fingerprint density at radius 2 is 2.22 bits per heavy atom. The highest BCUT2D eigenvalue weighted by Gasteiger charge is 2.52. The summed E-state index contributed by atoms with van der Waals surface area (Å²) in [6, 6.07) is 3.92. The van der Waals surface area contributed by atoms with E-state index in [1.54, 1.807) is 11.1 Å². The number of aromatic nitrogens is 1. The molecule has 6 heteroatoms. The van der Waals surface area contributed by atoms with Gasteiger partial charge in [0.15, 0.2) is 0 Å². The van der Waals surface area contributed by atoms with Crippen LogP contribution in [0.25, 0.3) is 0 Å². The molecule has 126 valence electrons. The summed E-state index contributed by atoms with van der Waals surface area (Å²) < 4.78 is 6.39. The minimum atomic E-state index is -0.964. The van der Waals surface area contributed by atoms with Crippen molar-refractivity contribution in [1.82, 2.24) is 9.88 Å². The molecule has 0 aromatic carbocycles. The molecule has 1 aromatic rings. The Morgan fingerprint density at radius 1 is 1.48 bits per heavy atom. The van der Waals surface area contributed by atoms with Crippen LogP contribution in [0.4, 0.5) is 4.79 Å². The van der Waals surface area contributed by atoms with Crippen molar-refractivity contribution in [2.45, 2.75) is 57.3 Å². The van der Waals surface area contributed by atoms with Gasteiger partial charge in [0.1, 0.15) is 11.2 Å². The van der Waals surface area contributed by atoms with Crippen molar-refractivity contribution in [3.05, 3.63) is 28.5 Å². The number of pyridine rings is 1. The summed E-state index contributed by atoms with van der Waals surface area (Å²) >= 11 is 3.37. The molecule has 1 aliphatic carbocycles. The summed E-state index contributed by atoms with van der Waals surface area (Å²) in [5.74, 6) is 0.00226. The Morgan fingerprint density at radius 3 is 2.83 bits per heavy atom. The zero-order valence-corrected chi connectivity index (χ0v) is 15.3. The second kappa shape index (κ2) is 5.74. The topological polar surface area (TPSA) is 62.7 Å². The van der Waals surface area contributed by atoms with E-state index in [1.807, 2.05) is 32.9 Å². The number of rotatable bonds is 1. The summed E-state index contributed by atoms with van der Waals surface area (Å²) in [4.78, 5) is 18.6. The molecule has 1 saturated carbocycles. The summed E-state index contributed by atoms with van der Waals surface area (Å²) in [5.41, 5.74) is -0.777. The third kappa shape index (κ3) is 3.24. The highest BCUT2D eigenvalue weighted by atomic mass is 79.9. The van der Waals surface area contributed by atoms with E-state index in [-0.39, 0.29) is 18.1 Å². The van der Waals surface area contributed by atoms with Crippen LogP contribution in [0, 0.1) is 5.92 Å². The molecule has 1 saturated heterocycles. The van der Waals surface area contributed by atoms with Gasteiger partial charge < -0.3 is 14.7 Å². The maximum absolute atomic E-state index is 12.4. The van der Waals surface area contributed by atoms with Gasteiger partial charge in [-0.2, -0.15) is 0 Å². The van der Waals surface area contributed by atoms with Crippen molar-refractivity contribution in [3.8, 4) is 0 Å². The smallest absolute Gasteiger partial charge is 0.410 e. The number of aliphatic hydroxyl groups is 1. The molecule has 5 nitrogen and oxygen atoms in total. The molecule has 1 aliphatic heterocycles. The molecule has 1 N–H and O–H groups in total. The number of amides is 1. The standard InChI is InChI=1S/C17H23BrN2O3/c1-16(2,3)23-15(21)20-10-11-8-13(20)6-7-17(11,22)14-5-4-12(18)9-19-14/h4-5,9,11,13,22H,6-8,10H2,1-3H3. The maximum atomic E-state index is 12.4. The Kier molecular flexibility index (Phi) is 4.17. The number of nitrogens with zero attached hydrogens (tertiary/aromatic N) is 2. The molecule has 3 atom stereocenters. The first-order chi connectivity index (χ1) is 10.7. The minimum absolute atomic E-state index is 0.00226. The van der Waals surface area contributed by atoms with Crippen LogP contribution in [0.5, 0.6) is 0 Å². The lowest BCUT2D eigenvalue weighted by Crippen LogP contribution is -2.40. The fourth-order valence-electron chi connectivity index (χ4n) is 3.64. The van der Waals surface area contributed by atoms with E-state index >= 15 is 0 Å². The van der Waals surface area contributed by atoms with Crippen molar-refractivity contribution in [2.75, 3.05) is 6.54 Å². The number of ether oxygens (including phenoxy) is 1. The summed E-state index contributed by atoms with van der Waals surface area (Å²) in [6.07, 6.45) is 3.62. The third-order valence-corrected chi connectivity index (χ3v) is 5.22. The second-order valence-corrected chi connectivity index (χ2v) is 8.46. The largest absolute Gasteiger partial charge is 0.444 e. The molecule has 1 aromatic heterocycles. The van der Waals surface area contributed by atoms with Gasteiger partial charge in [-0.3, -0.25) is 4.98 Å². The zero-order chi connectivity index (χ0) is 16.8. The monoisotopic (exact) mass is 382 g/mol. The molecular formula is C17H23BrN2O3. The van der Waals surface area contributed by atoms with E-state index in [0.29, 0.717) is 18.7 Å². The Hall–Kier alpha value is -1.14. The average molecular weight is 383 g/mol. The van der Waals surface area contributed by atoms with Gasteiger partial charge in [-0.15, -0.1) is 0 Å². The molecule has 2 bridgehead atoms. The van der Waals surface area contributed by atoms with Crippen LogP contribution in [0.1, 0.15) is 45.7 Å². The van der Waals surface area contributed by atoms with Gasteiger partial charge in [-0.1, -0.05) is 0 Å². The van der Waals surface area contributed by atoms with E-state index in [2.05, 4.69) is 20.9 Å². The molecule has 2 aliphatic rings. The number of carbonyl (C=O) groups is 1. The predicted octanol–water partition coefficient (Wildman–Crippen LogP) is 3.45. The van der Waals surface area contributed by atoms with Gasteiger partial charge in [-0.05, 0) is 68.1 Å². The fourth-order valence-corrected chi connectivity index (χ4v) is 3.87. The lowest BCUT2D eigenvalue weighted by molar-refractivity contribution is -0.0426. The van der Waals surface area contributed by atoms with Crippen LogP contribution in [-0.4, -0.2) is 39.3 Å². The molecular weight excluding hydrogens is 360 g/mol. The van der Waals surface area contributed by atoms with Crippen molar-refractivity contribution < 1.29 is 14.6 Å². The minimum Gasteiger partial charge on any atom is -0.444 e. The quantitative estimate of drug-likeness (QED) is 0.807. The van der Waals surface area contributed by atoms with Crippen LogP contribution >= 0.6 is 15.9 Å². The van der Waals surface area contributed by atoms with Crippen molar-refractivity contribution in [2.24, 2.45) is 5.92 Å². The van der Waals surface area contributed by atoms with Gasteiger partial charge in [0.25, 0.3) is 0 Å². The molecule has 2 fully saturated rings. The van der Waals surface area contributed by atoms with Crippen LogP contribution in [0.3, 0.4) is 0 Å². The SMILES string of the molecule is CC(C)(C)OC(=O)N1CC2CC1CCC2(O)c1ccc(Br)cn1. The van der Waals surface area contributed by atoms with Gasteiger partial charge in [0.2, 0.25) is 0 Å². The number of hydrogen-bond acceptors (Lipinski definition) is 4. The molecule has 2 heterocycles. The number of likely N-dealkylation sites (tertiary alicyclic amines) is 1. The molecule has 0 spiro atoms. The van der Waals surface area contributed by atoms with E-state index in [0.717, 1.165) is 17.3 Å². The van der Waals surface area contributed by atoms with E-state index < -0.39 is 11.2 Å². The van der Waals surface area contributed by atoms with E-state index in [9.17, 15) is 9.90 Å².